The maximum atomic E-state index is 13.9. The lowest BCUT2D eigenvalue weighted by Crippen LogP contribution is -2.44. The van der Waals surface area contributed by atoms with Crippen LogP contribution in [0.5, 0.6) is 5.75 Å². The summed E-state index contributed by atoms with van der Waals surface area (Å²) in [5.74, 6) is -2.60. The second-order valence-electron chi connectivity index (χ2n) is 8.35. The number of amidine groups is 1. The van der Waals surface area contributed by atoms with E-state index in [9.17, 15) is 13.2 Å². The van der Waals surface area contributed by atoms with Gasteiger partial charge in [-0.15, -0.1) is 0 Å². The van der Waals surface area contributed by atoms with Gasteiger partial charge in [0.25, 0.3) is 0 Å². The molecule has 3 heterocycles. The van der Waals surface area contributed by atoms with Crippen LogP contribution in [0.1, 0.15) is 35.7 Å². The molecule has 1 aromatic heterocycles. The molecule has 34 heavy (non-hydrogen) atoms. The van der Waals surface area contributed by atoms with E-state index in [1.165, 1.54) is 0 Å². The fourth-order valence-corrected chi connectivity index (χ4v) is 4.45. The first-order valence-electron chi connectivity index (χ1n) is 11.0. The Morgan fingerprint density at radius 3 is 2.65 bits per heavy atom. The van der Waals surface area contributed by atoms with Crippen LogP contribution in [0.3, 0.4) is 0 Å². The number of imidazole rings is 1. The van der Waals surface area contributed by atoms with E-state index in [-0.39, 0.29) is 6.61 Å². The molecule has 9 heteroatoms. The predicted molar refractivity (Wildman–Crippen MR) is 121 cm³/mol. The van der Waals surface area contributed by atoms with Crippen LogP contribution in [0.2, 0.25) is 0 Å². The molecule has 1 atom stereocenters. The Hall–Kier alpha value is -3.75. The van der Waals surface area contributed by atoms with E-state index < -0.39 is 23.5 Å². The fourth-order valence-electron chi connectivity index (χ4n) is 4.45. The van der Waals surface area contributed by atoms with E-state index in [1.54, 1.807) is 13.4 Å². The van der Waals surface area contributed by atoms with Crippen LogP contribution >= 0.6 is 0 Å². The molecule has 2 aromatic carbocycles. The average Bonchev–Trinajstić information content (AvgIpc) is 3.28. The number of aryl methyl sites for hydroxylation is 1. The number of hydrogen-bond donors (Lipinski definition) is 0. The van der Waals surface area contributed by atoms with Crippen LogP contribution in [0.15, 0.2) is 53.6 Å². The monoisotopic (exact) mass is 468 g/mol. The zero-order chi connectivity index (χ0) is 23.8. The minimum Gasteiger partial charge on any atom is -0.495 e. The molecular weight excluding hydrogens is 445 g/mol. The molecule has 2 aliphatic heterocycles. The first kappa shape index (κ1) is 22.1. The van der Waals surface area contributed by atoms with Gasteiger partial charge in [0.2, 0.25) is 0 Å². The lowest BCUT2D eigenvalue weighted by molar-refractivity contribution is 0.0572. The third-order valence-corrected chi connectivity index (χ3v) is 6.09. The lowest BCUT2D eigenvalue weighted by atomic mass is 9.96. The number of hydrogen-bond acceptors (Lipinski definition) is 5. The van der Waals surface area contributed by atoms with Crippen molar-refractivity contribution in [3.05, 3.63) is 82.7 Å². The van der Waals surface area contributed by atoms with Crippen molar-refractivity contribution >= 4 is 11.9 Å². The molecule has 0 N–H and O–H groups in total. The molecule has 0 spiro atoms. The molecule has 1 fully saturated rings. The second kappa shape index (κ2) is 8.89. The summed E-state index contributed by atoms with van der Waals surface area (Å²) in [5.41, 5.74) is 3.94. The Morgan fingerprint density at radius 2 is 1.94 bits per heavy atom. The van der Waals surface area contributed by atoms with Crippen molar-refractivity contribution in [2.45, 2.75) is 25.8 Å². The van der Waals surface area contributed by atoms with Gasteiger partial charge in [0.1, 0.15) is 12.4 Å². The molecule has 1 saturated heterocycles. The smallest absolute Gasteiger partial charge is 0.194 e. The first-order valence-corrected chi connectivity index (χ1v) is 11.0. The topological polar surface area (TPSA) is 51.9 Å². The Morgan fingerprint density at radius 1 is 1.15 bits per heavy atom. The number of halogens is 3. The van der Waals surface area contributed by atoms with Gasteiger partial charge in [0, 0.05) is 12.7 Å². The van der Waals surface area contributed by atoms with Crippen molar-refractivity contribution in [2.24, 2.45) is 5.16 Å². The summed E-state index contributed by atoms with van der Waals surface area (Å²) in [6, 6.07) is 7.44. The van der Waals surface area contributed by atoms with E-state index in [0.29, 0.717) is 23.7 Å². The number of piperidine rings is 1. The Labute approximate surface area is 194 Å². The van der Waals surface area contributed by atoms with Crippen LogP contribution in [0.4, 0.5) is 13.2 Å². The summed E-state index contributed by atoms with van der Waals surface area (Å²) in [4.78, 5) is 11.7. The van der Waals surface area contributed by atoms with Gasteiger partial charge >= 0.3 is 0 Å². The minimum absolute atomic E-state index is 0.119. The number of rotatable bonds is 4. The standard InChI is InChI=1S/C25H23F3N4O2/c1-15-12-31(14-29-15)21-6-5-16(9-23(21)33-2)8-17-4-3-7-32-22(13-34-30-25(17)32)18-10-19(26)24(28)20(27)11-18/h5-6,8-12,14,22H,3-4,7,13H2,1-2H3/t22-/m1/s1. The molecule has 2 aliphatic rings. The molecule has 6 nitrogen and oxygen atoms in total. The SMILES string of the molecule is COc1cc(C=C2CCCN3C2=NOC[C@@H]3c2cc(F)c(F)c(F)c2)ccc1-n1cnc(C)c1. The Bertz CT molecular complexity index is 1280. The number of oxime groups is 1. The van der Waals surface area contributed by atoms with Crippen molar-refractivity contribution in [3.63, 3.8) is 0 Å². The van der Waals surface area contributed by atoms with Crippen molar-refractivity contribution in [1.82, 2.24) is 14.5 Å². The van der Waals surface area contributed by atoms with Crippen LogP contribution in [0, 0.1) is 24.4 Å². The number of nitrogens with zero attached hydrogens (tertiary/aromatic N) is 4. The van der Waals surface area contributed by atoms with Gasteiger partial charge in [0.05, 0.1) is 30.9 Å². The maximum Gasteiger partial charge on any atom is 0.194 e. The van der Waals surface area contributed by atoms with Crippen molar-refractivity contribution in [3.8, 4) is 11.4 Å². The molecule has 3 aromatic rings. The molecule has 176 valence electrons. The molecule has 0 radical (unpaired) electrons. The third kappa shape index (κ3) is 4.02. The number of benzene rings is 2. The number of fused-ring (bicyclic) bond motifs is 1. The van der Waals surface area contributed by atoms with E-state index in [0.717, 1.165) is 47.5 Å². The molecular formula is C25H23F3N4O2. The second-order valence-corrected chi connectivity index (χ2v) is 8.35. The summed E-state index contributed by atoms with van der Waals surface area (Å²) in [7, 11) is 1.62. The average molecular weight is 468 g/mol. The highest BCUT2D eigenvalue weighted by molar-refractivity contribution is 6.03. The Balaban J connectivity index is 1.46. The zero-order valence-electron chi connectivity index (χ0n) is 18.8. The van der Waals surface area contributed by atoms with Gasteiger partial charge in [-0.25, -0.2) is 18.2 Å². The molecule has 0 aliphatic carbocycles. The van der Waals surface area contributed by atoms with Crippen LogP contribution in [0.25, 0.3) is 11.8 Å². The van der Waals surface area contributed by atoms with Gasteiger partial charge < -0.3 is 19.0 Å². The quantitative estimate of drug-likeness (QED) is 0.496. The van der Waals surface area contributed by atoms with Crippen molar-refractivity contribution < 1.29 is 22.7 Å². The number of aromatic nitrogens is 2. The minimum atomic E-state index is -1.48. The number of methoxy groups -OCH3 is 1. The Kier molecular flexibility index (Phi) is 5.77. The highest BCUT2D eigenvalue weighted by Crippen LogP contribution is 2.34. The van der Waals surface area contributed by atoms with Crippen LogP contribution in [-0.4, -0.2) is 40.5 Å². The summed E-state index contributed by atoms with van der Waals surface area (Å²) < 4.78 is 48.7. The lowest BCUT2D eigenvalue weighted by Gasteiger charge is -2.40. The summed E-state index contributed by atoms with van der Waals surface area (Å²) >= 11 is 0. The van der Waals surface area contributed by atoms with Gasteiger partial charge in [-0.1, -0.05) is 11.2 Å². The molecule has 5 rings (SSSR count). The van der Waals surface area contributed by atoms with Gasteiger partial charge in [0.15, 0.2) is 23.3 Å². The largest absolute Gasteiger partial charge is 0.495 e. The molecule has 0 saturated carbocycles. The summed E-state index contributed by atoms with van der Waals surface area (Å²) in [6.07, 6.45) is 7.26. The van der Waals surface area contributed by atoms with Gasteiger partial charge in [-0.05, 0) is 66.8 Å². The molecule has 0 unspecified atom stereocenters. The van der Waals surface area contributed by atoms with E-state index >= 15 is 0 Å². The highest BCUT2D eigenvalue weighted by atomic mass is 19.2. The fraction of sp³-hybridized carbons (Fsp3) is 0.280. The van der Waals surface area contributed by atoms with Crippen molar-refractivity contribution in [2.75, 3.05) is 20.3 Å². The molecule has 0 amide bonds. The van der Waals surface area contributed by atoms with E-state index in [2.05, 4.69) is 10.1 Å². The van der Waals surface area contributed by atoms with Crippen LogP contribution < -0.4 is 4.74 Å². The summed E-state index contributed by atoms with van der Waals surface area (Å²) in [5, 5.41) is 4.25. The molecule has 0 bridgehead atoms. The van der Waals surface area contributed by atoms with Crippen molar-refractivity contribution in [1.29, 1.82) is 0 Å². The zero-order valence-corrected chi connectivity index (χ0v) is 18.8. The predicted octanol–water partition coefficient (Wildman–Crippen LogP) is 5.17. The van der Waals surface area contributed by atoms with Crippen LogP contribution in [-0.2, 0) is 4.84 Å². The van der Waals surface area contributed by atoms with Gasteiger partial charge in [-0.2, -0.15) is 0 Å². The summed E-state index contributed by atoms with van der Waals surface area (Å²) in [6.45, 7) is 2.69. The number of ether oxygens (including phenoxy) is 1. The maximum absolute atomic E-state index is 13.9. The van der Waals surface area contributed by atoms with E-state index in [4.69, 9.17) is 9.57 Å². The van der Waals surface area contributed by atoms with E-state index in [1.807, 2.05) is 46.9 Å². The third-order valence-electron chi connectivity index (χ3n) is 6.09. The normalized spacial score (nSPS) is 19.0. The highest BCUT2D eigenvalue weighted by Gasteiger charge is 2.34. The van der Waals surface area contributed by atoms with Gasteiger partial charge in [-0.3, -0.25) is 0 Å². The first-order chi connectivity index (χ1) is 16.4.